The molecule has 1 aromatic carbocycles. The Balaban J connectivity index is 2.26. The van der Waals surface area contributed by atoms with Gasteiger partial charge in [-0.05, 0) is 32.4 Å². The summed E-state index contributed by atoms with van der Waals surface area (Å²) in [5.74, 6) is 0.834. The Kier molecular flexibility index (Phi) is 3.17. The van der Waals surface area contributed by atoms with Gasteiger partial charge in [-0.2, -0.15) is 0 Å². The van der Waals surface area contributed by atoms with Crippen LogP contribution < -0.4 is 14.8 Å². The summed E-state index contributed by atoms with van der Waals surface area (Å²) in [6, 6.07) is 3.53. The number of carbonyl (C=O) groups is 1. The van der Waals surface area contributed by atoms with Crippen molar-refractivity contribution in [2.24, 2.45) is 0 Å². The van der Waals surface area contributed by atoms with E-state index in [-0.39, 0.29) is 0 Å². The van der Waals surface area contributed by atoms with Gasteiger partial charge in [0.1, 0.15) is 18.8 Å². The standard InChI is InChI=1S/C13H17NO4/c1-8-6-10-11(18-5-4-17-10)7-9(8)14-12(15)13(2,3)16/h6-7,16H,4-5H2,1-3H3,(H,14,15). The Morgan fingerprint density at radius 3 is 2.39 bits per heavy atom. The van der Waals surface area contributed by atoms with Crippen LogP contribution in [0.4, 0.5) is 5.69 Å². The first kappa shape index (κ1) is 12.7. The van der Waals surface area contributed by atoms with E-state index in [1.807, 2.05) is 13.0 Å². The lowest BCUT2D eigenvalue weighted by Crippen LogP contribution is -2.36. The van der Waals surface area contributed by atoms with Crippen LogP contribution in [0.25, 0.3) is 0 Å². The van der Waals surface area contributed by atoms with Gasteiger partial charge in [-0.3, -0.25) is 4.79 Å². The molecule has 1 aliphatic heterocycles. The van der Waals surface area contributed by atoms with Crippen LogP contribution in [-0.2, 0) is 4.79 Å². The van der Waals surface area contributed by atoms with Crippen molar-refractivity contribution in [2.75, 3.05) is 18.5 Å². The summed E-state index contributed by atoms with van der Waals surface area (Å²) in [5, 5.41) is 12.3. The molecule has 0 aliphatic carbocycles. The minimum atomic E-state index is -1.42. The van der Waals surface area contributed by atoms with Crippen molar-refractivity contribution in [1.29, 1.82) is 0 Å². The number of amides is 1. The van der Waals surface area contributed by atoms with E-state index in [0.717, 1.165) is 5.56 Å². The first-order chi connectivity index (χ1) is 8.38. The Morgan fingerprint density at radius 2 is 1.83 bits per heavy atom. The average molecular weight is 251 g/mol. The summed E-state index contributed by atoms with van der Waals surface area (Å²) in [6.07, 6.45) is 0. The summed E-state index contributed by atoms with van der Waals surface area (Å²) in [4.78, 5) is 11.7. The van der Waals surface area contributed by atoms with Crippen molar-refractivity contribution in [1.82, 2.24) is 0 Å². The normalized spacial score (nSPS) is 14.2. The molecule has 0 aromatic heterocycles. The SMILES string of the molecule is Cc1cc2c(cc1NC(=O)C(C)(C)O)OCCO2. The van der Waals surface area contributed by atoms with Gasteiger partial charge in [0.05, 0.1) is 0 Å². The average Bonchev–Trinajstić information content (AvgIpc) is 2.28. The fraction of sp³-hybridized carbons (Fsp3) is 0.462. The monoisotopic (exact) mass is 251 g/mol. The van der Waals surface area contributed by atoms with Crippen LogP contribution in [0, 0.1) is 6.92 Å². The molecule has 5 heteroatoms. The largest absolute Gasteiger partial charge is 0.486 e. The van der Waals surface area contributed by atoms with Gasteiger partial charge in [-0.15, -0.1) is 0 Å². The zero-order valence-electron chi connectivity index (χ0n) is 10.7. The molecule has 2 rings (SSSR count). The maximum atomic E-state index is 11.7. The van der Waals surface area contributed by atoms with Gasteiger partial charge >= 0.3 is 0 Å². The number of anilines is 1. The Morgan fingerprint density at radius 1 is 1.28 bits per heavy atom. The molecule has 0 atom stereocenters. The van der Waals surface area contributed by atoms with Gasteiger partial charge in [0.15, 0.2) is 11.5 Å². The van der Waals surface area contributed by atoms with E-state index in [2.05, 4.69) is 5.32 Å². The number of ether oxygens (including phenoxy) is 2. The zero-order valence-corrected chi connectivity index (χ0v) is 10.7. The van der Waals surface area contributed by atoms with Crippen LogP contribution in [0.5, 0.6) is 11.5 Å². The van der Waals surface area contributed by atoms with Gasteiger partial charge in [-0.1, -0.05) is 0 Å². The molecule has 98 valence electrons. The van der Waals surface area contributed by atoms with E-state index in [0.29, 0.717) is 30.4 Å². The quantitative estimate of drug-likeness (QED) is 0.835. The van der Waals surface area contributed by atoms with Gasteiger partial charge in [0.25, 0.3) is 5.91 Å². The highest BCUT2D eigenvalue weighted by atomic mass is 16.6. The first-order valence-corrected chi connectivity index (χ1v) is 5.82. The topological polar surface area (TPSA) is 67.8 Å². The second-order valence-corrected chi connectivity index (χ2v) is 4.82. The molecule has 1 aromatic rings. The lowest BCUT2D eigenvalue weighted by Gasteiger charge is -2.22. The fourth-order valence-electron chi connectivity index (χ4n) is 1.60. The zero-order chi connectivity index (χ0) is 13.3. The molecule has 18 heavy (non-hydrogen) atoms. The molecule has 0 bridgehead atoms. The molecule has 5 nitrogen and oxygen atoms in total. The minimum absolute atomic E-state index is 0.456. The third-order valence-corrected chi connectivity index (χ3v) is 2.69. The van der Waals surface area contributed by atoms with E-state index in [1.165, 1.54) is 13.8 Å². The first-order valence-electron chi connectivity index (χ1n) is 5.82. The number of aryl methyl sites for hydroxylation is 1. The summed E-state index contributed by atoms with van der Waals surface area (Å²) in [7, 11) is 0. The van der Waals surface area contributed by atoms with Crippen LogP contribution in [-0.4, -0.2) is 29.8 Å². The molecule has 0 fully saturated rings. The van der Waals surface area contributed by atoms with Gasteiger partial charge in [0, 0.05) is 11.8 Å². The predicted molar refractivity (Wildman–Crippen MR) is 67.1 cm³/mol. The van der Waals surface area contributed by atoms with Crippen LogP contribution >= 0.6 is 0 Å². The number of carbonyl (C=O) groups excluding carboxylic acids is 1. The Bertz CT molecular complexity index is 477. The maximum Gasteiger partial charge on any atom is 0.255 e. The number of hydrogen-bond donors (Lipinski definition) is 2. The summed E-state index contributed by atoms with van der Waals surface area (Å²) < 4.78 is 10.9. The summed E-state index contributed by atoms with van der Waals surface area (Å²) in [5.41, 5.74) is 0.0582. The summed E-state index contributed by atoms with van der Waals surface area (Å²) >= 11 is 0. The highest BCUT2D eigenvalue weighted by Gasteiger charge is 2.25. The lowest BCUT2D eigenvalue weighted by molar-refractivity contribution is -0.130. The molecule has 0 saturated heterocycles. The van der Waals surface area contributed by atoms with E-state index >= 15 is 0 Å². The number of fused-ring (bicyclic) bond motifs is 1. The predicted octanol–water partition coefficient (Wildman–Crippen LogP) is 1.48. The smallest absolute Gasteiger partial charge is 0.255 e. The molecule has 2 N–H and O–H groups in total. The van der Waals surface area contributed by atoms with Crippen molar-refractivity contribution in [2.45, 2.75) is 26.4 Å². The third kappa shape index (κ3) is 2.56. The second kappa shape index (κ2) is 4.49. The molecule has 1 aliphatic rings. The molecule has 0 saturated carbocycles. The van der Waals surface area contributed by atoms with Gasteiger partial charge in [-0.25, -0.2) is 0 Å². The van der Waals surface area contributed by atoms with E-state index < -0.39 is 11.5 Å². The second-order valence-electron chi connectivity index (χ2n) is 4.82. The van der Waals surface area contributed by atoms with Crippen LogP contribution in [0.2, 0.25) is 0 Å². The molecule has 0 unspecified atom stereocenters. The number of hydrogen-bond acceptors (Lipinski definition) is 4. The molecular weight excluding hydrogens is 234 g/mol. The molecular formula is C13H17NO4. The fourth-order valence-corrected chi connectivity index (χ4v) is 1.60. The van der Waals surface area contributed by atoms with Crippen LogP contribution in [0.1, 0.15) is 19.4 Å². The number of rotatable bonds is 2. The number of aliphatic hydroxyl groups is 1. The molecule has 1 amide bonds. The number of nitrogens with one attached hydrogen (secondary N) is 1. The Hall–Kier alpha value is -1.75. The van der Waals surface area contributed by atoms with Gasteiger partial charge in [0.2, 0.25) is 0 Å². The van der Waals surface area contributed by atoms with E-state index in [9.17, 15) is 9.90 Å². The highest BCUT2D eigenvalue weighted by molar-refractivity contribution is 5.97. The van der Waals surface area contributed by atoms with Crippen molar-refractivity contribution in [3.8, 4) is 11.5 Å². The van der Waals surface area contributed by atoms with Crippen LogP contribution in [0.15, 0.2) is 12.1 Å². The van der Waals surface area contributed by atoms with Crippen molar-refractivity contribution in [3.63, 3.8) is 0 Å². The highest BCUT2D eigenvalue weighted by Crippen LogP contribution is 2.35. The van der Waals surface area contributed by atoms with E-state index in [4.69, 9.17) is 9.47 Å². The third-order valence-electron chi connectivity index (χ3n) is 2.69. The number of benzene rings is 1. The van der Waals surface area contributed by atoms with Crippen molar-refractivity contribution < 1.29 is 19.4 Å². The molecule has 0 radical (unpaired) electrons. The maximum absolute atomic E-state index is 11.7. The lowest BCUT2D eigenvalue weighted by atomic mass is 10.1. The van der Waals surface area contributed by atoms with E-state index in [1.54, 1.807) is 6.07 Å². The molecule has 1 heterocycles. The Labute approximate surface area is 106 Å². The summed E-state index contributed by atoms with van der Waals surface area (Å²) in [6.45, 7) is 5.76. The van der Waals surface area contributed by atoms with Crippen molar-refractivity contribution in [3.05, 3.63) is 17.7 Å². The minimum Gasteiger partial charge on any atom is -0.486 e. The van der Waals surface area contributed by atoms with Gasteiger partial charge < -0.3 is 19.9 Å². The van der Waals surface area contributed by atoms with Crippen molar-refractivity contribution >= 4 is 11.6 Å². The molecule has 0 spiro atoms. The van der Waals surface area contributed by atoms with Crippen LogP contribution in [0.3, 0.4) is 0 Å².